The Morgan fingerprint density at radius 2 is 1.82 bits per heavy atom. The molecule has 0 aromatic heterocycles. The highest BCUT2D eigenvalue weighted by molar-refractivity contribution is 14.0. The summed E-state index contributed by atoms with van der Waals surface area (Å²) in [5, 5.41) is 6.73. The van der Waals surface area contributed by atoms with Crippen molar-refractivity contribution in [2.45, 2.75) is 39.5 Å². The minimum atomic E-state index is 0. The van der Waals surface area contributed by atoms with E-state index in [4.69, 9.17) is 14.5 Å². The van der Waals surface area contributed by atoms with Crippen molar-refractivity contribution < 1.29 is 9.47 Å². The molecule has 0 bridgehead atoms. The predicted molar refractivity (Wildman–Crippen MR) is 125 cm³/mol. The van der Waals surface area contributed by atoms with Crippen LogP contribution in [0.1, 0.15) is 30.5 Å². The number of hydrogen-bond acceptors (Lipinski definition) is 3. The van der Waals surface area contributed by atoms with Gasteiger partial charge in [0.05, 0.1) is 19.7 Å². The minimum Gasteiger partial charge on any atom is -0.488 e. The van der Waals surface area contributed by atoms with E-state index in [0.717, 1.165) is 31.2 Å². The van der Waals surface area contributed by atoms with Crippen LogP contribution in [0.3, 0.4) is 0 Å². The summed E-state index contributed by atoms with van der Waals surface area (Å²) in [5.41, 5.74) is 3.65. The monoisotopic (exact) mass is 495 g/mol. The molecule has 1 aliphatic heterocycles. The van der Waals surface area contributed by atoms with Crippen LogP contribution in [-0.4, -0.2) is 31.8 Å². The zero-order chi connectivity index (χ0) is 18.9. The van der Waals surface area contributed by atoms with Crippen molar-refractivity contribution in [3.8, 4) is 5.75 Å². The van der Waals surface area contributed by atoms with E-state index < -0.39 is 0 Å². The SMILES string of the molecule is CCNC(=NCc1ccccc1COCC)NCC1Cc2ccccc2O1.I. The van der Waals surface area contributed by atoms with Crippen LogP contribution in [0.25, 0.3) is 0 Å². The lowest BCUT2D eigenvalue weighted by molar-refractivity contribution is 0.133. The second-order valence-corrected chi connectivity index (χ2v) is 6.53. The molecule has 0 saturated carbocycles. The van der Waals surface area contributed by atoms with Crippen molar-refractivity contribution in [3.05, 3.63) is 65.2 Å². The van der Waals surface area contributed by atoms with Crippen LogP contribution < -0.4 is 15.4 Å². The standard InChI is InChI=1S/C22H29N3O2.HI/c1-3-23-22(24-14-18-10-5-6-11-19(18)16-26-4-2)25-15-20-13-17-9-7-8-12-21(17)27-20;/h5-12,20H,3-4,13-16H2,1-2H3,(H2,23,24,25);1H. The molecule has 1 atom stereocenters. The molecule has 1 heterocycles. The molecule has 28 heavy (non-hydrogen) atoms. The van der Waals surface area contributed by atoms with Crippen molar-refractivity contribution >= 4 is 29.9 Å². The molecule has 1 unspecified atom stereocenters. The molecule has 6 heteroatoms. The molecule has 0 saturated heterocycles. The van der Waals surface area contributed by atoms with Gasteiger partial charge in [0.25, 0.3) is 0 Å². The number of aliphatic imine (C=N–C) groups is 1. The molecular weight excluding hydrogens is 465 g/mol. The molecule has 0 amide bonds. The van der Waals surface area contributed by atoms with E-state index in [1.165, 1.54) is 16.7 Å². The fourth-order valence-electron chi connectivity index (χ4n) is 3.15. The van der Waals surface area contributed by atoms with Gasteiger partial charge in [0.15, 0.2) is 5.96 Å². The van der Waals surface area contributed by atoms with E-state index in [2.05, 4.69) is 41.8 Å². The molecule has 5 nitrogen and oxygen atoms in total. The maximum atomic E-state index is 6.00. The molecule has 2 aromatic carbocycles. The van der Waals surface area contributed by atoms with Gasteiger partial charge in [-0.05, 0) is 36.6 Å². The summed E-state index contributed by atoms with van der Waals surface area (Å²) >= 11 is 0. The molecule has 0 fully saturated rings. The fourth-order valence-corrected chi connectivity index (χ4v) is 3.15. The number of nitrogens with one attached hydrogen (secondary N) is 2. The van der Waals surface area contributed by atoms with Crippen LogP contribution in [0.4, 0.5) is 0 Å². The number of hydrogen-bond donors (Lipinski definition) is 2. The van der Waals surface area contributed by atoms with Crippen LogP contribution >= 0.6 is 24.0 Å². The zero-order valence-corrected chi connectivity index (χ0v) is 18.9. The number of para-hydroxylation sites is 1. The normalized spacial score (nSPS) is 15.4. The van der Waals surface area contributed by atoms with Gasteiger partial charge in [-0.15, -0.1) is 24.0 Å². The molecule has 152 valence electrons. The van der Waals surface area contributed by atoms with Crippen molar-refractivity contribution in [1.29, 1.82) is 0 Å². The first-order valence-electron chi connectivity index (χ1n) is 9.71. The van der Waals surface area contributed by atoms with Crippen molar-refractivity contribution in [2.75, 3.05) is 19.7 Å². The van der Waals surface area contributed by atoms with E-state index in [-0.39, 0.29) is 30.1 Å². The van der Waals surface area contributed by atoms with Crippen LogP contribution in [-0.2, 0) is 24.3 Å². The van der Waals surface area contributed by atoms with Gasteiger partial charge in [-0.1, -0.05) is 42.5 Å². The highest BCUT2D eigenvalue weighted by Crippen LogP contribution is 2.27. The van der Waals surface area contributed by atoms with Gasteiger partial charge in [0.1, 0.15) is 11.9 Å². The van der Waals surface area contributed by atoms with Crippen molar-refractivity contribution in [2.24, 2.45) is 4.99 Å². The van der Waals surface area contributed by atoms with Gasteiger partial charge >= 0.3 is 0 Å². The summed E-state index contributed by atoms with van der Waals surface area (Å²) in [5.74, 6) is 1.80. The van der Waals surface area contributed by atoms with E-state index in [1.54, 1.807) is 0 Å². The Balaban J connectivity index is 0.00000280. The first kappa shape index (κ1) is 22.5. The number of fused-ring (bicyclic) bond motifs is 1. The largest absolute Gasteiger partial charge is 0.488 e. The summed E-state index contributed by atoms with van der Waals surface area (Å²) in [4.78, 5) is 4.75. The number of halogens is 1. The Labute approximate surface area is 184 Å². The maximum absolute atomic E-state index is 6.00. The second kappa shape index (κ2) is 11.9. The fraction of sp³-hybridized carbons (Fsp3) is 0.409. The summed E-state index contributed by atoms with van der Waals surface area (Å²) in [7, 11) is 0. The Morgan fingerprint density at radius 1 is 1.07 bits per heavy atom. The molecule has 2 N–H and O–H groups in total. The number of rotatable bonds is 8. The van der Waals surface area contributed by atoms with Gasteiger partial charge in [-0.25, -0.2) is 4.99 Å². The van der Waals surface area contributed by atoms with E-state index >= 15 is 0 Å². The van der Waals surface area contributed by atoms with Crippen LogP contribution in [0, 0.1) is 0 Å². The number of benzene rings is 2. The Hall–Kier alpha value is -1.80. The molecule has 0 radical (unpaired) electrons. The van der Waals surface area contributed by atoms with E-state index in [1.807, 2.05) is 31.2 Å². The number of ether oxygens (including phenoxy) is 2. The van der Waals surface area contributed by atoms with Gasteiger partial charge in [-0.3, -0.25) is 0 Å². The topological polar surface area (TPSA) is 54.9 Å². The molecule has 2 aromatic rings. The van der Waals surface area contributed by atoms with Gasteiger partial charge in [-0.2, -0.15) is 0 Å². The highest BCUT2D eigenvalue weighted by atomic mass is 127. The zero-order valence-electron chi connectivity index (χ0n) is 16.6. The predicted octanol–water partition coefficient (Wildman–Crippen LogP) is 3.90. The maximum Gasteiger partial charge on any atom is 0.191 e. The molecule has 1 aliphatic rings. The third-order valence-electron chi connectivity index (χ3n) is 4.54. The summed E-state index contributed by atoms with van der Waals surface area (Å²) in [6, 6.07) is 16.5. The lowest BCUT2D eigenvalue weighted by Crippen LogP contribution is -2.42. The summed E-state index contributed by atoms with van der Waals surface area (Å²) in [6.45, 7) is 7.58. The molecular formula is C22H30IN3O2. The lowest BCUT2D eigenvalue weighted by atomic mass is 10.1. The smallest absolute Gasteiger partial charge is 0.191 e. The third kappa shape index (κ3) is 6.38. The van der Waals surface area contributed by atoms with E-state index in [9.17, 15) is 0 Å². The number of guanidine groups is 1. The Kier molecular flexibility index (Phi) is 9.57. The van der Waals surface area contributed by atoms with Crippen LogP contribution in [0.2, 0.25) is 0 Å². The first-order chi connectivity index (χ1) is 13.3. The quantitative estimate of drug-likeness (QED) is 0.332. The van der Waals surface area contributed by atoms with Gasteiger partial charge in [0.2, 0.25) is 0 Å². The van der Waals surface area contributed by atoms with Crippen molar-refractivity contribution in [1.82, 2.24) is 10.6 Å². The summed E-state index contributed by atoms with van der Waals surface area (Å²) < 4.78 is 11.6. The van der Waals surface area contributed by atoms with Crippen LogP contribution in [0.5, 0.6) is 5.75 Å². The molecule has 3 rings (SSSR count). The minimum absolute atomic E-state index is 0. The average Bonchev–Trinajstić information content (AvgIpc) is 3.12. The van der Waals surface area contributed by atoms with Crippen molar-refractivity contribution in [3.63, 3.8) is 0 Å². The molecule has 0 spiro atoms. The van der Waals surface area contributed by atoms with Gasteiger partial charge in [0, 0.05) is 19.6 Å². The Bertz CT molecular complexity index is 742. The molecule has 0 aliphatic carbocycles. The summed E-state index contributed by atoms with van der Waals surface area (Å²) in [6.07, 6.45) is 1.07. The highest BCUT2D eigenvalue weighted by Gasteiger charge is 2.22. The average molecular weight is 495 g/mol. The second-order valence-electron chi connectivity index (χ2n) is 6.53. The van der Waals surface area contributed by atoms with E-state index in [0.29, 0.717) is 19.8 Å². The third-order valence-corrected chi connectivity index (χ3v) is 4.54. The first-order valence-corrected chi connectivity index (χ1v) is 9.71. The van der Waals surface area contributed by atoms with Crippen LogP contribution in [0.15, 0.2) is 53.5 Å². The van der Waals surface area contributed by atoms with Gasteiger partial charge < -0.3 is 20.1 Å². The number of nitrogens with zero attached hydrogens (tertiary/aromatic N) is 1. The lowest BCUT2D eigenvalue weighted by Gasteiger charge is -2.16. The Morgan fingerprint density at radius 3 is 2.57 bits per heavy atom.